The minimum atomic E-state index is -4.39. The smallest absolute Gasteiger partial charge is 0.277 e. The topological polar surface area (TPSA) is 99.1 Å². The van der Waals surface area contributed by atoms with Crippen LogP contribution in [0.15, 0.2) is 0 Å². The van der Waals surface area contributed by atoms with Crippen molar-refractivity contribution in [2.45, 2.75) is 88.0 Å². The van der Waals surface area contributed by atoms with E-state index in [9.17, 15) is 17.8 Å². The Hall–Kier alpha value is -0.323. The van der Waals surface area contributed by atoms with Crippen LogP contribution in [0.2, 0.25) is 6.04 Å². The fourth-order valence-corrected chi connectivity index (χ4v) is 13.3. The molecular weight excluding hydrogens is 400 g/mol. The highest BCUT2D eigenvalue weighted by Crippen LogP contribution is 2.48. The lowest BCUT2D eigenvalue weighted by atomic mass is 9.92. The van der Waals surface area contributed by atoms with Gasteiger partial charge in [-0.25, -0.2) is 0 Å². The maximum absolute atomic E-state index is 13.1. The summed E-state index contributed by atoms with van der Waals surface area (Å²) in [7, 11) is -3.45. The summed E-state index contributed by atoms with van der Waals surface area (Å²) in [4.78, 5) is 12.0. The lowest BCUT2D eigenvalue weighted by Crippen LogP contribution is -2.75. The van der Waals surface area contributed by atoms with Crippen LogP contribution in [0, 0.1) is 5.92 Å². The van der Waals surface area contributed by atoms with Gasteiger partial charge in [-0.2, -0.15) is 8.42 Å². The lowest BCUT2D eigenvalue weighted by molar-refractivity contribution is -0.202. The first-order chi connectivity index (χ1) is 13.2. The Bertz CT molecular complexity index is 591. The molecule has 0 bridgehead atoms. The molecule has 1 N–H and O–H groups in total. The highest BCUT2D eigenvalue weighted by Gasteiger charge is 2.69. The number of hydrogen-bond donors (Lipinski definition) is 1. The van der Waals surface area contributed by atoms with Crippen LogP contribution in [-0.2, 0) is 28.8 Å². The third-order valence-electron chi connectivity index (χ3n) is 6.23. The van der Waals surface area contributed by atoms with E-state index in [0.29, 0.717) is 25.3 Å². The van der Waals surface area contributed by atoms with Crippen LogP contribution in [0.25, 0.3) is 0 Å². The molecule has 166 valence electrons. The molecule has 0 aliphatic carbocycles. The standard InChI is InChI=1S/C19H38O7SSi/c1-6-8-9-10-11-14-17(20)16-13-12-15-28(26-5,19(16,24-3)25-4)18(7-2)27(21,22)23/h16,18H,6-15H2,1-5H3,(H,21,22,23). The zero-order valence-electron chi connectivity index (χ0n) is 18.0. The molecule has 0 amide bonds. The predicted octanol–water partition coefficient (Wildman–Crippen LogP) is 3.65. The van der Waals surface area contributed by atoms with E-state index in [0.717, 1.165) is 32.1 Å². The molecule has 1 saturated heterocycles. The number of rotatable bonds is 13. The van der Waals surface area contributed by atoms with Crippen molar-refractivity contribution < 1.29 is 31.7 Å². The van der Waals surface area contributed by atoms with Crippen LogP contribution in [0.3, 0.4) is 0 Å². The van der Waals surface area contributed by atoms with Crippen molar-refractivity contribution in [2.24, 2.45) is 5.92 Å². The monoisotopic (exact) mass is 438 g/mol. The molecule has 0 saturated carbocycles. The van der Waals surface area contributed by atoms with Crippen molar-refractivity contribution in [3.05, 3.63) is 0 Å². The molecule has 1 rings (SSSR count). The quantitative estimate of drug-likeness (QED) is 0.203. The van der Waals surface area contributed by atoms with Crippen LogP contribution in [0.1, 0.15) is 71.6 Å². The van der Waals surface area contributed by atoms with Gasteiger partial charge in [0, 0.05) is 27.8 Å². The Balaban J connectivity index is 3.24. The van der Waals surface area contributed by atoms with Gasteiger partial charge in [-0.3, -0.25) is 9.35 Å². The van der Waals surface area contributed by atoms with Crippen LogP contribution >= 0.6 is 0 Å². The summed E-state index contributed by atoms with van der Waals surface area (Å²) in [6.45, 7) is 3.84. The predicted molar refractivity (Wildman–Crippen MR) is 111 cm³/mol. The molecule has 1 aliphatic heterocycles. The second-order valence-corrected chi connectivity index (χ2v) is 13.8. The van der Waals surface area contributed by atoms with E-state index in [1.807, 2.05) is 0 Å². The average Bonchev–Trinajstić information content (AvgIpc) is 2.66. The van der Waals surface area contributed by atoms with Gasteiger partial charge in [0.15, 0.2) is 5.41 Å². The summed E-state index contributed by atoms with van der Waals surface area (Å²) < 4.78 is 51.9. The Kier molecular flexibility index (Phi) is 10.3. The first kappa shape index (κ1) is 25.7. The molecule has 28 heavy (non-hydrogen) atoms. The Morgan fingerprint density at radius 2 is 1.75 bits per heavy atom. The van der Waals surface area contributed by atoms with Crippen LogP contribution in [0.5, 0.6) is 0 Å². The SMILES string of the molecule is CCCCCCCC(=O)C1CCC[Si](OC)(C(CC)S(=O)(=O)O)C1(OC)OC. The van der Waals surface area contributed by atoms with Crippen LogP contribution in [-0.4, -0.2) is 58.7 Å². The zero-order chi connectivity index (χ0) is 21.4. The number of unbranched alkanes of at least 4 members (excludes halogenated alkanes) is 4. The van der Waals surface area contributed by atoms with Gasteiger partial charge >= 0.3 is 0 Å². The van der Waals surface area contributed by atoms with Gasteiger partial charge in [-0.05, 0) is 25.3 Å². The van der Waals surface area contributed by atoms with Gasteiger partial charge in [0.25, 0.3) is 18.4 Å². The number of methoxy groups -OCH3 is 2. The van der Waals surface area contributed by atoms with Gasteiger partial charge < -0.3 is 13.9 Å². The minimum absolute atomic E-state index is 0.0269. The second-order valence-electron chi connectivity index (χ2n) is 7.66. The molecule has 0 aromatic carbocycles. The Morgan fingerprint density at radius 1 is 1.14 bits per heavy atom. The molecule has 3 unspecified atom stereocenters. The zero-order valence-corrected chi connectivity index (χ0v) is 19.8. The van der Waals surface area contributed by atoms with Crippen molar-refractivity contribution in [1.82, 2.24) is 0 Å². The molecule has 3 atom stereocenters. The van der Waals surface area contributed by atoms with Gasteiger partial charge in [0.1, 0.15) is 10.7 Å². The second kappa shape index (κ2) is 11.2. The van der Waals surface area contributed by atoms with E-state index in [1.165, 1.54) is 21.3 Å². The van der Waals surface area contributed by atoms with E-state index in [2.05, 4.69) is 6.92 Å². The number of ketones is 1. The Morgan fingerprint density at radius 3 is 2.21 bits per heavy atom. The highest BCUT2D eigenvalue weighted by molar-refractivity contribution is 7.88. The molecular formula is C19H38O7SSi. The first-order valence-corrected chi connectivity index (χ1v) is 14.0. The molecule has 0 spiro atoms. The van der Waals surface area contributed by atoms with Gasteiger partial charge in [-0.15, -0.1) is 0 Å². The van der Waals surface area contributed by atoms with Crippen LogP contribution < -0.4 is 0 Å². The van der Waals surface area contributed by atoms with E-state index in [1.54, 1.807) is 6.92 Å². The largest absolute Gasteiger partial charge is 0.413 e. The van der Waals surface area contributed by atoms with E-state index >= 15 is 0 Å². The molecule has 7 nitrogen and oxygen atoms in total. The normalized spacial score (nSPS) is 26.1. The number of ether oxygens (including phenoxy) is 2. The van der Waals surface area contributed by atoms with Crippen LogP contribution in [0.4, 0.5) is 0 Å². The lowest BCUT2D eigenvalue weighted by Gasteiger charge is -2.54. The minimum Gasteiger partial charge on any atom is -0.413 e. The van der Waals surface area contributed by atoms with Crippen molar-refractivity contribution in [2.75, 3.05) is 21.3 Å². The van der Waals surface area contributed by atoms with Crippen molar-refractivity contribution in [3.8, 4) is 0 Å². The fourth-order valence-electron chi connectivity index (χ4n) is 4.93. The average molecular weight is 439 g/mol. The number of carbonyl (C=O) groups excluding carboxylic acids is 1. The van der Waals surface area contributed by atoms with Gasteiger partial charge in [0.2, 0.25) is 0 Å². The third-order valence-corrected chi connectivity index (χ3v) is 14.5. The highest BCUT2D eigenvalue weighted by atomic mass is 32.2. The van der Waals surface area contributed by atoms with Crippen molar-refractivity contribution >= 4 is 24.2 Å². The van der Waals surface area contributed by atoms with Crippen molar-refractivity contribution in [3.63, 3.8) is 0 Å². The first-order valence-electron chi connectivity index (χ1n) is 10.3. The number of carbonyl (C=O) groups is 1. The molecule has 1 fully saturated rings. The summed E-state index contributed by atoms with van der Waals surface area (Å²) in [5.74, 6) is -0.566. The molecule has 0 radical (unpaired) electrons. The van der Waals surface area contributed by atoms with Gasteiger partial charge in [-0.1, -0.05) is 46.0 Å². The summed E-state index contributed by atoms with van der Waals surface area (Å²) in [6, 6.07) is 0.448. The van der Waals surface area contributed by atoms with E-state index in [-0.39, 0.29) is 12.2 Å². The van der Waals surface area contributed by atoms with E-state index in [4.69, 9.17) is 13.9 Å². The molecule has 0 aromatic rings. The summed E-state index contributed by atoms with van der Waals surface area (Å²) in [6.07, 6.45) is 7.00. The van der Waals surface area contributed by atoms with E-state index < -0.39 is 34.6 Å². The molecule has 9 heteroatoms. The van der Waals surface area contributed by atoms with Gasteiger partial charge in [0.05, 0.1) is 5.92 Å². The fraction of sp³-hybridized carbons (Fsp3) is 0.947. The molecule has 0 aromatic heterocycles. The maximum atomic E-state index is 13.1. The number of hydrogen-bond acceptors (Lipinski definition) is 6. The summed E-state index contributed by atoms with van der Waals surface area (Å²) in [5, 5.41) is 0. The number of Topliss-reactive ketones (excluding diaryl/α,β-unsaturated/α-hetero) is 1. The maximum Gasteiger partial charge on any atom is 0.277 e. The summed E-state index contributed by atoms with van der Waals surface area (Å²) >= 11 is 0. The summed E-state index contributed by atoms with van der Waals surface area (Å²) in [5.41, 5.74) is -1.43. The Labute approximate surface area is 171 Å². The van der Waals surface area contributed by atoms with Crippen molar-refractivity contribution in [1.29, 1.82) is 0 Å². The third kappa shape index (κ3) is 5.04. The molecule has 1 heterocycles. The molecule has 1 aliphatic rings.